The molecule has 0 aliphatic carbocycles. The molecule has 0 rings (SSSR count). The van der Waals surface area contributed by atoms with Gasteiger partial charge in [0, 0.05) is 21.1 Å². The predicted octanol–water partition coefficient (Wildman–Crippen LogP) is -5.97. The summed E-state index contributed by atoms with van der Waals surface area (Å²) in [5, 5.41) is 0. The molecule has 0 aromatic carbocycles. The van der Waals surface area contributed by atoms with Crippen molar-refractivity contribution >= 4 is 62.4 Å². The zero-order chi connectivity index (χ0) is 27.0. The Morgan fingerprint density at radius 1 is 0.290 bits per heavy atom. The normalized spacial score (nSPS) is 11.2. The molecule has 0 aromatic heterocycles. The van der Waals surface area contributed by atoms with E-state index in [4.69, 9.17) is 105 Å². The Labute approximate surface area is 188 Å². The van der Waals surface area contributed by atoms with Crippen molar-refractivity contribution in [2.75, 3.05) is 0 Å². The summed E-state index contributed by atoms with van der Waals surface area (Å²) in [5.74, 6) is 0. The van der Waals surface area contributed by atoms with Crippen molar-refractivity contribution < 1.29 is 126 Å². The summed E-state index contributed by atoms with van der Waals surface area (Å²) >= 11 is 0. The minimum Gasteiger partial charge on any atom is -0.726 e. The predicted molar refractivity (Wildman–Crippen MR) is 74.0 cm³/mol. The van der Waals surface area contributed by atoms with Crippen LogP contribution in [-0.4, -0.2) is 105 Å². The van der Waals surface area contributed by atoms with Crippen LogP contribution in [0.2, 0.25) is 0 Å². The smallest absolute Gasteiger partial charge is 0.215 e. The maximum Gasteiger partial charge on any atom is 0.215 e. The number of hydrogen-bond acceptors (Lipinski definition) is 18. The molecule has 31 heteroatoms. The first kappa shape index (κ1) is 48.4. The van der Waals surface area contributed by atoms with Crippen LogP contribution in [0.5, 0.6) is 0 Å². The van der Waals surface area contributed by atoms with E-state index in [1.54, 1.807) is 0 Å². The van der Waals surface area contributed by atoms with E-state index in [-0.39, 0.29) is 21.1 Å². The number of hydrogen-bond donors (Lipinski definition) is 6. The Morgan fingerprint density at radius 2 is 0.290 bits per heavy atom. The molecule has 0 atom stereocenters. The molecule has 24 nitrogen and oxygen atoms in total. The van der Waals surface area contributed by atoms with Crippen LogP contribution >= 0.6 is 0 Å². The second-order valence-electron chi connectivity index (χ2n) is 2.57. The average molecular weight is 766 g/mol. The van der Waals surface area contributed by atoms with Crippen molar-refractivity contribution in [1.29, 1.82) is 0 Å². The van der Waals surface area contributed by atoms with Gasteiger partial charge in [-0.25, -0.2) is 50.5 Å². The minimum absolute atomic E-state index is 0. The van der Waals surface area contributed by atoms with Gasteiger partial charge < -0.3 is 27.3 Å². The van der Waals surface area contributed by atoms with Crippen molar-refractivity contribution in [3.05, 3.63) is 0 Å². The first-order valence-corrected chi connectivity index (χ1v) is 12.3. The maximum absolute atomic E-state index is 8.63. The van der Waals surface area contributed by atoms with Crippen molar-refractivity contribution in [3.8, 4) is 0 Å². The monoisotopic (exact) mass is 766 g/mol. The van der Waals surface area contributed by atoms with E-state index in [9.17, 15) is 0 Å². The fourth-order valence-electron chi connectivity index (χ4n) is 0. The summed E-state index contributed by atoms with van der Waals surface area (Å²) in [6.07, 6.45) is 0. The van der Waals surface area contributed by atoms with Gasteiger partial charge in [0.15, 0.2) is 0 Å². The van der Waals surface area contributed by atoms with Crippen LogP contribution in [-0.2, 0) is 83.5 Å². The SMILES string of the molecule is O=S(=O)([O-])O.O=S(=O)([O-])O.O=S(=O)([O-])O.O=S(=O)([O-])O.O=S(=O)([O-])O.O=S(=O)([O-])O.[W]. The Kier molecular flexibility index (Phi) is 30.2. The van der Waals surface area contributed by atoms with Crippen molar-refractivity contribution in [2.45, 2.75) is 0 Å². The van der Waals surface area contributed by atoms with Gasteiger partial charge in [-0.15, -0.1) is 0 Å². The summed E-state index contributed by atoms with van der Waals surface area (Å²) in [5.41, 5.74) is 0. The molecular formula is H6O24S6W-6. The van der Waals surface area contributed by atoms with E-state index in [2.05, 4.69) is 0 Å². The molecule has 198 valence electrons. The van der Waals surface area contributed by atoms with Crippen molar-refractivity contribution in [3.63, 3.8) is 0 Å². The molecule has 0 aromatic rings. The first-order chi connectivity index (χ1) is 12.0. The Morgan fingerprint density at radius 3 is 0.290 bits per heavy atom. The van der Waals surface area contributed by atoms with Gasteiger partial charge in [0.1, 0.15) is 0 Å². The summed E-state index contributed by atoms with van der Waals surface area (Å²) in [4.78, 5) is 0. The van der Waals surface area contributed by atoms with E-state index in [1.807, 2.05) is 0 Å². The van der Waals surface area contributed by atoms with E-state index in [0.717, 1.165) is 0 Å². The molecular weight excluding hydrogens is 760 g/mol. The van der Waals surface area contributed by atoms with E-state index >= 15 is 0 Å². The van der Waals surface area contributed by atoms with Gasteiger partial charge in [0.25, 0.3) is 0 Å². The minimum atomic E-state index is -4.92. The first-order valence-electron chi connectivity index (χ1n) is 4.10. The van der Waals surface area contributed by atoms with Crippen LogP contribution in [0.25, 0.3) is 0 Å². The fraction of sp³-hybridized carbons (Fsp3) is 0. The quantitative estimate of drug-likeness (QED) is 0.0987. The molecule has 6 N–H and O–H groups in total. The van der Waals surface area contributed by atoms with Crippen molar-refractivity contribution in [1.82, 2.24) is 0 Å². The topological polar surface area (TPSA) is 465 Å². The van der Waals surface area contributed by atoms with Crippen LogP contribution in [0.3, 0.4) is 0 Å². The fourth-order valence-corrected chi connectivity index (χ4v) is 0. The van der Waals surface area contributed by atoms with E-state index < -0.39 is 62.4 Å². The molecule has 0 fully saturated rings. The van der Waals surface area contributed by atoms with Crippen LogP contribution < -0.4 is 0 Å². The van der Waals surface area contributed by atoms with E-state index in [0.29, 0.717) is 0 Å². The van der Waals surface area contributed by atoms with Gasteiger partial charge in [-0.2, -0.15) is 0 Å². The van der Waals surface area contributed by atoms with Gasteiger partial charge >= 0.3 is 0 Å². The van der Waals surface area contributed by atoms with Gasteiger partial charge in [-0.3, -0.25) is 27.3 Å². The van der Waals surface area contributed by atoms with Crippen LogP contribution in [0.15, 0.2) is 0 Å². The largest absolute Gasteiger partial charge is 0.726 e. The van der Waals surface area contributed by atoms with Crippen LogP contribution in [0.4, 0.5) is 0 Å². The second kappa shape index (κ2) is 19.4. The van der Waals surface area contributed by atoms with Crippen LogP contribution in [0.1, 0.15) is 0 Å². The molecule has 31 heavy (non-hydrogen) atoms. The van der Waals surface area contributed by atoms with Gasteiger partial charge in [0.2, 0.25) is 62.4 Å². The summed E-state index contributed by atoms with van der Waals surface area (Å²) in [6, 6.07) is 0. The van der Waals surface area contributed by atoms with Gasteiger partial charge in [-0.1, -0.05) is 0 Å². The van der Waals surface area contributed by atoms with Crippen LogP contribution in [0, 0.1) is 0 Å². The summed E-state index contributed by atoms with van der Waals surface area (Å²) < 4.78 is 197. The Bertz CT molecular complexity index is 760. The molecule has 0 saturated heterocycles. The third kappa shape index (κ3) is 2770000. The Hall–Kier alpha value is -0.0917. The molecule has 0 spiro atoms. The van der Waals surface area contributed by atoms with E-state index in [1.165, 1.54) is 0 Å². The van der Waals surface area contributed by atoms with Gasteiger partial charge in [0.05, 0.1) is 0 Å². The molecule has 0 aliphatic rings. The molecule has 0 amide bonds. The number of rotatable bonds is 0. The molecule has 0 unspecified atom stereocenters. The molecule has 0 bridgehead atoms. The summed E-state index contributed by atoms with van der Waals surface area (Å²) in [6.45, 7) is 0. The molecule has 0 saturated carbocycles. The molecule has 0 aliphatic heterocycles. The Balaban J connectivity index is -0.0000000443. The second-order valence-corrected chi connectivity index (χ2v) is 7.70. The van der Waals surface area contributed by atoms with Crippen molar-refractivity contribution in [2.24, 2.45) is 0 Å². The standard InChI is InChI=1S/6H2O4S.W/c6*1-5(2,3)4;/h6*(H2,1,2,3,4);/p-6. The molecule has 0 heterocycles. The maximum atomic E-state index is 8.63. The third-order valence-electron chi connectivity index (χ3n) is 0. The van der Waals surface area contributed by atoms with Gasteiger partial charge in [-0.05, 0) is 0 Å². The average Bonchev–Trinajstić information content (AvgIpc) is 1.94. The zero-order valence-electron chi connectivity index (χ0n) is 12.9. The summed E-state index contributed by atoms with van der Waals surface area (Å²) in [7, 11) is -29.5. The molecule has 0 radical (unpaired) electrons. The third-order valence-corrected chi connectivity index (χ3v) is 0. The zero-order valence-corrected chi connectivity index (χ0v) is 20.7.